The van der Waals surface area contributed by atoms with Gasteiger partial charge in [-0.1, -0.05) is 36.5 Å². The fourth-order valence-electron chi connectivity index (χ4n) is 0.695. The van der Waals surface area contributed by atoms with Crippen LogP contribution in [0.4, 0.5) is 0 Å². The Morgan fingerprint density at radius 3 is 2.20 bits per heavy atom. The molecule has 0 atom stereocenters. The normalized spacial score (nSPS) is 16.4. The summed E-state index contributed by atoms with van der Waals surface area (Å²) in [5, 5.41) is 0. The molecule has 0 aliphatic heterocycles. The first-order valence-electron chi connectivity index (χ1n) is 3.02. The van der Waals surface area contributed by atoms with E-state index in [1.807, 2.05) is 36.5 Å². The summed E-state index contributed by atoms with van der Waals surface area (Å²) < 4.78 is 0. The topological polar surface area (TPSA) is 29.4 Å². The molecule has 0 N–H and O–H groups in total. The van der Waals surface area contributed by atoms with Gasteiger partial charge in [0.1, 0.15) is 0 Å². The third-order valence-corrected chi connectivity index (χ3v) is 1.15. The predicted octanol–water partition coefficient (Wildman–Crippen LogP) is 1.37. The molecule has 0 aromatic carbocycles. The predicted molar refractivity (Wildman–Crippen MR) is 39.3 cm³/mol. The zero-order valence-electron chi connectivity index (χ0n) is 5.40. The Hall–Kier alpha value is -1.40. The van der Waals surface area contributed by atoms with E-state index in [0.717, 1.165) is 0 Å². The van der Waals surface area contributed by atoms with Crippen molar-refractivity contribution >= 4 is 6.08 Å². The first-order valence-corrected chi connectivity index (χ1v) is 3.02. The molecule has 10 heavy (non-hydrogen) atoms. The van der Waals surface area contributed by atoms with Crippen LogP contribution in [-0.2, 0) is 4.79 Å². The van der Waals surface area contributed by atoms with Crippen molar-refractivity contribution in [2.45, 2.75) is 6.04 Å². The lowest BCUT2D eigenvalue weighted by Gasteiger charge is -1.91. The second kappa shape index (κ2) is 3.59. The van der Waals surface area contributed by atoms with Crippen LogP contribution in [0.3, 0.4) is 0 Å². The van der Waals surface area contributed by atoms with Crippen molar-refractivity contribution in [1.29, 1.82) is 0 Å². The van der Waals surface area contributed by atoms with Crippen molar-refractivity contribution in [2.24, 2.45) is 4.99 Å². The molecule has 1 rings (SSSR count). The number of hydrogen-bond acceptors (Lipinski definition) is 2. The van der Waals surface area contributed by atoms with E-state index in [2.05, 4.69) is 4.99 Å². The van der Waals surface area contributed by atoms with Gasteiger partial charge in [-0.25, -0.2) is 4.79 Å². The van der Waals surface area contributed by atoms with Gasteiger partial charge >= 0.3 is 0 Å². The van der Waals surface area contributed by atoms with Crippen molar-refractivity contribution in [3.63, 3.8) is 0 Å². The summed E-state index contributed by atoms with van der Waals surface area (Å²) in [6.45, 7) is 0. The summed E-state index contributed by atoms with van der Waals surface area (Å²) in [6, 6.07) is -0.132. The maximum atomic E-state index is 9.81. The van der Waals surface area contributed by atoms with Gasteiger partial charge in [0.2, 0.25) is 6.08 Å². The van der Waals surface area contributed by atoms with E-state index < -0.39 is 0 Å². The van der Waals surface area contributed by atoms with Gasteiger partial charge in [-0.3, -0.25) is 0 Å². The summed E-state index contributed by atoms with van der Waals surface area (Å²) >= 11 is 0. The average Bonchev–Trinajstić information content (AvgIpc) is 2.17. The number of isocyanates is 1. The summed E-state index contributed by atoms with van der Waals surface area (Å²) in [5.41, 5.74) is 0. The van der Waals surface area contributed by atoms with Gasteiger partial charge in [0.05, 0.1) is 6.04 Å². The number of nitrogens with zero attached hydrogens (tertiary/aromatic N) is 1. The Kier molecular flexibility index (Phi) is 2.41. The van der Waals surface area contributed by atoms with Gasteiger partial charge in [-0.15, -0.1) is 0 Å². The van der Waals surface area contributed by atoms with Crippen LogP contribution in [0.2, 0.25) is 0 Å². The molecule has 0 aromatic rings. The second-order valence-corrected chi connectivity index (χ2v) is 1.87. The van der Waals surface area contributed by atoms with Crippen LogP contribution in [0.1, 0.15) is 0 Å². The standard InChI is InChI=1S/C8H7NO/c10-7-9-8-5-3-1-2-4-6-8/h1-6,8H. The highest BCUT2D eigenvalue weighted by atomic mass is 16.1. The van der Waals surface area contributed by atoms with Gasteiger partial charge in [0.25, 0.3) is 0 Å². The van der Waals surface area contributed by atoms with Crippen molar-refractivity contribution in [3.05, 3.63) is 36.5 Å². The minimum absolute atomic E-state index is 0.132. The number of rotatable bonds is 1. The van der Waals surface area contributed by atoms with Crippen LogP contribution in [-0.4, -0.2) is 12.1 Å². The molecule has 0 radical (unpaired) electrons. The van der Waals surface area contributed by atoms with Gasteiger partial charge < -0.3 is 0 Å². The van der Waals surface area contributed by atoms with Gasteiger partial charge in [0, 0.05) is 0 Å². The Balaban J connectivity index is 2.72. The fraction of sp³-hybridized carbons (Fsp3) is 0.125. The van der Waals surface area contributed by atoms with Gasteiger partial charge in [0.15, 0.2) is 0 Å². The molecular weight excluding hydrogens is 126 g/mol. The van der Waals surface area contributed by atoms with Crippen molar-refractivity contribution in [2.75, 3.05) is 0 Å². The molecule has 0 unspecified atom stereocenters. The molecule has 0 heterocycles. The molecule has 2 nitrogen and oxygen atoms in total. The summed E-state index contributed by atoms with van der Waals surface area (Å²) in [7, 11) is 0. The zero-order valence-corrected chi connectivity index (χ0v) is 5.40. The van der Waals surface area contributed by atoms with E-state index in [4.69, 9.17) is 0 Å². The molecule has 0 saturated heterocycles. The lowest BCUT2D eigenvalue weighted by molar-refractivity contribution is 0.562. The Morgan fingerprint density at radius 2 is 1.70 bits per heavy atom. The number of allylic oxidation sites excluding steroid dienone is 4. The van der Waals surface area contributed by atoms with Gasteiger partial charge in [-0.05, 0) is 0 Å². The third-order valence-electron chi connectivity index (χ3n) is 1.15. The number of aliphatic imine (C=N–C) groups is 1. The summed E-state index contributed by atoms with van der Waals surface area (Å²) in [5.74, 6) is 0. The van der Waals surface area contributed by atoms with Crippen LogP contribution in [0.5, 0.6) is 0 Å². The highest BCUT2D eigenvalue weighted by Gasteiger charge is 1.93. The first kappa shape index (κ1) is 6.72. The lowest BCUT2D eigenvalue weighted by atomic mass is 10.3. The Bertz CT molecular complexity index is 216. The van der Waals surface area contributed by atoms with Crippen molar-refractivity contribution in [1.82, 2.24) is 0 Å². The van der Waals surface area contributed by atoms with Crippen LogP contribution >= 0.6 is 0 Å². The number of hydrogen-bond donors (Lipinski definition) is 0. The van der Waals surface area contributed by atoms with E-state index in [1.54, 1.807) is 0 Å². The van der Waals surface area contributed by atoms with Crippen LogP contribution in [0, 0.1) is 0 Å². The van der Waals surface area contributed by atoms with Crippen molar-refractivity contribution in [3.8, 4) is 0 Å². The molecule has 2 heteroatoms. The molecule has 1 aliphatic carbocycles. The number of carbonyl (C=O) groups excluding carboxylic acids is 1. The lowest BCUT2D eigenvalue weighted by Crippen LogP contribution is -1.91. The fourth-order valence-corrected chi connectivity index (χ4v) is 0.695. The first-order chi connectivity index (χ1) is 4.93. The van der Waals surface area contributed by atoms with E-state index in [9.17, 15) is 4.79 Å². The minimum atomic E-state index is -0.132. The monoisotopic (exact) mass is 133 g/mol. The smallest absolute Gasteiger partial charge is 0.211 e. The van der Waals surface area contributed by atoms with Crippen LogP contribution < -0.4 is 0 Å². The van der Waals surface area contributed by atoms with Crippen LogP contribution in [0.25, 0.3) is 0 Å². The molecule has 1 aliphatic rings. The Morgan fingerprint density at radius 1 is 1.10 bits per heavy atom. The quantitative estimate of drug-likeness (QED) is 0.392. The zero-order chi connectivity index (χ0) is 7.23. The van der Waals surface area contributed by atoms with Crippen molar-refractivity contribution < 1.29 is 4.79 Å². The molecule has 0 spiro atoms. The maximum absolute atomic E-state index is 9.81. The molecule has 0 fully saturated rings. The summed E-state index contributed by atoms with van der Waals surface area (Å²) in [6.07, 6.45) is 12.6. The highest BCUT2D eigenvalue weighted by Crippen LogP contribution is 1.99. The minimum Gasteiger partial charge on any atom is -0.211 e. The van der Waals surface area contributed by atoms with E-state index in [1.165, 1.54) is 6.08 Å². The average molecular weight is 133 g/mol. The Labute approximate surface area is 59.3 Å². The van der Waals surface area contributed by atoms with Crippen LogP contribution in [0.15, 0.2) is 41.4 Å². The molecule has 0 saturated carbocycles. The van der Waals surface area contributed by atoms with E-state index >= 15 is 0 Å². The molecular formula is C8H7NO. The molecule has 0 aromatic heterocycles. The largest absolute Gasteiger partial charge is 0.235 e. The van der Waals surface area contributed by atoms with E-state index in [-0.39, 0.29) is 6.04 Å². The maximum Gasteiger partial charge on any atom is 0.235 e. The third kappa shape index (κ3) is 1.84. The van der Waals surface area contributed by atoms with E-state index in [0.29, 0.717) is 0 Å². The van der Waals surface area contributed by atoms with Gasteiger partial charge in [-0.2, -0.15) is 4.99 Å². The second-order valence-electron chi connectivity index (χ2n) is 1.87. The summed E-state index contributed by atoms with van der Waals surface area (Å²) in [4.78, 5) is 13.3. The SMILES string of the molecule is O=C=NC1C=CC=CC=C1. The molecule has 50 valence electrons. The molecule has 0 amide bonds. The molecule has 0 bridgehead atoms. The highest BCUT2D eigenvalue weighted by molar-refractivity contribution is 5.36.